The number of nitrogens with one attached hydrogen (secondary N) is 2. The molecular weight excluding hydrogens is 538 g/mol. The van der Waals surface area contributed by atoms with Crippen molar-refractivity contribution < 1.29 is 18.0 Å². The summed E-state index contributed by atoms with van der Waals surface area (Å²) in [4.78, 5) is 14.5. The van der Waals surface area contributed by atoms with Gasteiger partial charge in [0.05, 0.1) is 27.5 Å². The highest BCUT2D eigenvalue weighted by molar-refractivity contribution is 14.1. The van der Waals surface area contributed by atoms with Crippen LogP contribution in [0.15, 0.2) is 36.4 Å². The molecule has 1 aliphatic heterocycles. The summed E-state index contributed by atoms with van der Waals surface area (Å²) in [5.74, 6) is -0.541. The van der Waals surface area contributed by atoms with E-state index in [1.807, 2.05) is 27.5 Å². The predicted octanol–water partition coefficient (Wildman–Crippen LogP) is 5.69. The predicted molar refractivity (Wildman–Crippen MR) is 121 cm³/mol. The van der Waals surface area contributed by atoms with Gasteiger partial charge in [-0.3, -0.25) is 10.1 Å². The van der Waals surface area contributed by atoms with Crippen molar-refractivity contribution in [3.05, 3.63) is 56.1 Å². The summed E-state index contributed by atoms with van der Waals surface area (Å²) in [5, 5.41) is 5.38. The first-order chi connectivity index (χ1) is 13.6. The molecule has 0 bridgehead atoms. The Kier molecular flexibility index (Phi) is 6.90. The van der Waals surface area contributed by atoms with E-state index < -0.39 is 17.6 Å². The van der Waals surface area contributed by atoms with Gasteiger partial charge in [-0.25, -0.2) is 0 Å². The third-order valence-electron chi connectivity index (χ3n) is 4.42. The Bertz CT molecular complexity index is 949. The van der Waals surface area contributed by atoms with Crippen LogP contribution in [0.2, 0.25) is 5.02 Å². The van der Waals surface area contributed by atoms with E-state index in [2.05, 4.69) is 10.6 Å². The molecule has 0 radical (unpaired) electrons. The molecule has 4 nitrogen and oxygen atoms in total. The summed E-state index contributed by atoms with van der Waals surface area (Å²) in [6.07, 6.45) is -2.56. The van der Waals surface area contributed by atoms with Crippen molar-refractivity contribution in [2.45, 2.75) is 19.0 Å². The Balaban J connectivity index is 1.82. The minimum absolute atomic E-state index is 0.107. The normalized spacial score (nSPS) is 14.0. The summed E-state index contributed by atoms with van der Waals surface area (Å²) in [6, 6.07) is 8.42. The summed E-state index contributed by atoms with van der Waals surface area (Å²) in [5.41, 5.74) is 0.240. The second kappa shape index (κ2) is 9.05. The van der Waals surface area contributed by atoms with Crippen LogP contribution in [0.5, 0.6) is 0 Å². The maximum atomic E-state index is 13.2. The minimum Gasteiger partial charge on any atom is -0.370 e. The zero-order valence-electron chi connectivity index (χ0n) is 14.9. The number of nitrogens with zero attached hydrogens (tertiary/aromatic N) is 1. The monoisotopic (exact) mass is 553 g/mol. The molecule has 0 atom stereocenters. The lowest BCUT2D eigenvalue weighted by Crippen LogP contribution is -2.35. The molecule has 0 spiro atoms. The lowest BCUT2D eigenvalue weighted by molar-refractivity contribution is -0.137. The van der Waals surface area contributed by atoms with Crippen molar-refractivity contribution >= 4 is 68.8 Å². The molecule has 2 aromatic rings. The third-order valence-corrected chi connectivity index (χ3v) is 5.62. The van der Waals surface area contributed by atoms with E-state index >= 15 is 0 Å². The third kappa shape index (κ3) is 5.52. The van der Waals surface area contributed by atoms with Gasteiger partial charge in [0.2, 0.25) is 0 Å². The van der Waals surface area contributed by atoms with Crippen LogP contribution < -0.4 is 15.5 Å². The SMILES string of the molecule is O=C(NC(=S)Nc1cc(C(F)(F)F)ccc1N1CCCC1)c1cc(I)ccc1Cl. The number of amides is 1. The van der Waals surface area contributed by atoms with Gasteiger partial charge in [-0.15, -0.1) is 0 Å². The average Bonchev–Trinajstić information content (AvgIpc) is 3.17. The Hall–Kier alpha value is -1.59. The first-order valence-corrected chi connectivity index (χ1v) is 10.6. The van der Waals surface area contributed by atoms with Crippen molar-refractivity contribution in [2.24, 2.45) is 0 Å². The van der Waals surface area contributed by atoms with Crippen molar-refractivity contribution in [1.82, 2.24) is 5.32 Å². The van der Waals surface area contributed by atoms with Gasteiger partial charge in [-0.05, 0) is 84.0 Å². The van der Waals surface area contributed by atoms with Crippen LogP contribution in [0.25, 0.3) is 0 Å². The Morgan fingerprint density at radius 3 is 2.48 bits per heavy atom. The molecule has 2 N–H and O–H groups in total. The van der Waals surface area contributed by atoms with Crippen molar-refractivity contribution in [3.8, 4) is 0 Å². The van der Waals surface area contributed by atoms with Crippen LogP contribution in [0.4, 0.5) is 24.5 Å². The second-order valence-corrected chi connectivity index (χ2v) is 8.52. The first kappa shape index (κ1) is 22.1. The zero-order chi connectivity index (χ0) is 21.2. The van der Waals surface area contributed by atoms with Crippen LogP contribution in [-0.4, -0.2) is 24.1 Å². The van der Waals surface area contributed by atoms with E-state index in [4.69, 9.17) is 23.8 Å². The van der Waals surface area contributed by atoms with Crippen LogP contribution in [0.3, 0.4) is 0 Å². The van der Waals surface area contributed by atoms with Crippen LogP contribution in [0, 0.1) is 3.57 Å². The van der Waals surface area contributed by atoms with Gasteiger partial charge in [-0.1, -0.05) is 11.6 Å². The fourth-order valence-electron chi connectivity index (χ4n) is 3.04. The average molecular weight is 554 g/mol. The highest BCUT2D eigenvalue weighted by Gasteiger charge is 2.32. The van der Waals surface area contributed by atoms with Gasteiger partial charge >= 0.3 is 6.18 Å². The molecule has 1 heterocycles. The smallest absolute Gasteiger partial charge is 0.370 e. The molecule has 2 aromatic carbocycles. The summed E-state index contributed by atoms with van der Waals surface area (Å²) in [7, 11) is 0. The Labute approximate surface area is 189 Å². The zero-order valence-corrected chi connectivity index (χ0v) is 18.7. The molecule has 1 fully saturated rings. The number of benzene rings is 2. The molecule has 0 saturated carbocycles. The highest BCUT2D eigenvalue weighted by atomic mass is 127. The quantitative estimate of drug-likeness (QED) is 0.379. The molecule has 1 amide bonds. The maximum Gasteiger partial charge on any atom is 0.416 e. The first-order valence-electron chi connectivity index (χ1n) is 8.69. The van der Waals surface area contributed by atoms with Gasteiger partial charge in [0.25, 0.3) is 5.91 Å². The highest BCUT2D eigenvalue weighted by Crippen LogP contribution is 2.36. The molecule has 0 aromatic heterocycles. The second-order valence-electron chi connectivity index (χ2n) is 6.46. The number of hydrogen-bond donors (Lipinski definition) is 2. The summed E-state index contributed by atoms with van der Waals surface area (Å²) < 4.78 is 40.3. The molecule has 10 heteroatoms. The van der Waals surface area contributed by atoms with E-state index in [-0.39, 0.29) is 21.4 Å². The van der Waals surface area contributed by atoms with E-state index in [1.54, 1.807) is 18.2 Å². The molecule has 1 saturated heterocycles. The Morgan fingerprint density at radius 2 is 1.83 bits per heavy atom. The van der Waals surface area contributed by atoms with Crippen LogP contribution in [-0.2, 0) is 6.18 Å². The van der Waals surface area contributed by atoms with Crippen LogP contribution >= 0.6 is 46.4 Å². The van der Waals surface area contributed by atoms with Crippen molar-refractivity contribution in [3.63, 3.8) is 0 Å². The molecule has 1 aliphatic rings. The van der Waals surface area contributed by atoms with Gasteiger partial charge < -0.3 is 10.2 Å². The lowest BCUT2D eigenvalue weighted by atomic mass is 10.1. The van der Waals surface area contributed by atoms with E-state index in [0.717, 1.165) is 41.6 Å². The standard InChI is InChI=1S/C19H16ClF3IN3OS/c20-14-5-4-12(24)10-13(14)17(28)26-18(29)25-15-9-11(19(21,22)23)3-6-16(15)27-7-1-2-8-27/h3-6,9-10H,1-2,7-8H2,(H2,25,26,28,29). The van der Waals surface area contributed by atoms with Gasteiger partial charge in [0.15, 0.2) is 5.11 Å². The number of rotatable bonds is 3. The Morgan fingerprint density at radius 1 is 1.14 bits per heavy atom. The molecular formula is C19H16ClF3IN3OS. The molecule has 3 rings (SSSR count). The number of carbonyl (C=O) groups excluding carboxylic acids is 1. The number of anilines is 2. The van der Waals surface area contributed by atoms with Crippen molar-refractivity contribution in [2.75, 3.05) is 23.3 Å². The molecule has 0 unspecified atom stereocenters. The largest absolute Gasteiger partial charge is 0.416 e. The van der Waals surface area contributed by atoms with E-state index in [9.17, 15) is 18.0 Å². The molecule has 154 valence electrons. The minimum atomic E-state index is -4.49. The summed E-state index contributed by atoms with van der Waals surface area (Å²) in [6.45, 7) is 1.49. The van der Waals surface area contributed by atoms with Crippen LogP contribution in [0.1, 0.15) is 28.8 Å². The van der Waals surface area contributed by atoms with E-state index in [1.165, 1.54) is 6.07 Å². The number of thiocarbonyl (C=S) groups is 1. The number of halogens is 5. The molecule has 0 aliphatic carbocycles. The fourth-order valence-corrected chi connectivity index (χ4v) is 3.94. The molecule has 29 heavy (non-hydrogen) atoms. The maximum absolute atomic E-state index is 13.2. The summed E-state index contributed by atoms with van der Waals surface area (Å²) >= 11 is 13.3. The number of hydrogen-bond acceptors (Lipinski definition) is 3. The topological polar surface area (TPSA) is 44.4 Å². The van der Waals surface area contributed by atoms with E-state index in [0.29, 0.717) is 5.69 Å². The van der Waals surface area contributed by atoms with Crippen molar-refractivity contribution in [1.29, 1.82) is 0 Å². The van der Waals surface area contributed by atoms with Gasteiger partial charge in [-0.2, -0.15) is 13.2 Å². The lowest BCUT2D eigenvalue weighted by Gasteiger charge is -2.23. The van der Waals surface area contributed by atoms with Gasteiger partial charge in [0, 0.05) is 16.7 Å². The van der Waals surface area contributed by atoms with Gasteiger partial charge in [0.1, 0.15) is 0 Å². The number of alkyl halides is 3. The fraction of sp³-hybridized carbons (Fsp3) is 0.263. The number of carbonyl (C=O) groups is 1.